The summed E-state index contributed by atoms with van der Waals surface area (Å²) in [4.78, 5) is 0. The van der Waals surface area contributed by atoms with Crippen LogP contribution in [0, 0.1) is 5.41 Å². The molecule has 1 aliphatic carbocycles. The van der Waals surface area contributed by atoms with Crippen molar-refractivity contribution in [2.75, 3.05) is 0 Å². The minimum Gasteiger partial charge on any atom is -0.306 e. The molecule has 0 unspecified atom stereocenters. The van der Waals surface area contributed by atoms with Crippen LogP contribution in [0.25, 0.3) is 11.1 Å². The van der Waals surface area contributed by atoms with E-state index in [0.29, 0.717) is 28.0 Å². The second-order valence-electron chi connectivity index (χ2n) is 8.59. The van der Waals surface area contributed by atoms with Crippen LogP contribution in [-0.2, 0) is 0 Å². The molecule has 0 radical (unpaired) electrons. The first-order valence-electron chi connectivity index (χ1n) is 9.26. The SMILES string of the molecule is C=C(C)C[C@@H]1N[C@H]2CC(C)(C)[C@@H]1c1c(-c3ccc(Cl)c(Cl)c3)cccc12. The van der Waals surface area contributed by atoms with E-state index in [2.05, 4.69) is 56.9 Å². The molecule has 1 N–H and O–H groups in total. The van der Waals surface area contributed by atoms with Crippen LogP contribution in [0.1, 0.15) is 56.7 Å². The Bertz CT molecular complexity index is 884. The first-order valence-corrected chi connectivity index (χ1v) is 10.0. The average Bonchev–Trinajstić information content (AvgIpc) is 2.55. The van der Waals surface area contributed by atoms with Crippen molar-refractivity contribution in [1.29, 1.82) is 0 Å². The van der Waals surface area contributed by atoms with Gasteiger partial charge in [0.1, 0.15) is 0 Å². The Hall–Kier alpha value is -1.28. The third-order valence-corrected chi connectivity index (χ3v) is 6.75. The first kappa shape index (κ1) is 18.1. The molecule has 3 atom stereocenters. The Morgan fingerprint density at radius 1 is 1.19 bits per heavy atom. The van der Waals surface area contributed by atoms with Crippen molar-refractivity contribution in [3.8, 4) is 11.1 Å². The van der Waals surface area contributed by atoms with Gasteiger partial charge < -0.3 is 5.32 Å². The zero-order chi connectivity index (χ0) is 18.6. The van der Waals surface area contributed by atoms with Gasteiger partial charge in [-0.3, -0.25) is 0 Å². The summed E-state index contributed by atoms with van der Waals surface area (Å²) in [7, 11) is 0. The van der Waals surface area contributed by atoms with Crippen molar-refractivity contribution in [3.63, 3.8) is 0 Å². The van der Waals surface area contributed by atoms with Gasteiger partial charge in [-0.25, -0.2) is 0 Å². The minimum atomic E-state index is 0.245. The molecule has 2 heterocycles. The van der Waals surface area contributed by atoms with Crippen molar-refractivity contribution in [3.05, 3.63) is 69.7 Å². The number of piperidine rings is 1. The van der Waals surface area contributed by atoms with E-state index in [9.17, 15) is 0 Å². The van der Waals surface area contributed by atoms with E-state index in [1.807, 2.05) is 12.1 Å². The highest BCUT2D eigenvalue weighted by Crippen LogP contribution is 2.57. The van der Waals surface area contributed by atoms with Crippen LogP contribution in [0.5, 0.6) is 0 Å². The summed E-state index contributed by atoms with van der Waals surface area (Å²) in [6.45, 7) is 11.1. The van der Waals surface area contributed by atoms with Crippen LogP contribution in [0.3, 0.4) is 0 Å². The van der Waals surface area contributed by atoms with Crippen LogP contribution >= 0.6 is 23.2 Å². The number of hydrogen-bond donors (Lipinski definition) is 1. The van der Waals surface area contributed by atoms with Crippen molar-refractivity contribution < 1.29 is 0 Å². The third-order valence-electron chi connectivity index (χ3n) is 6.02. The second-order valence-corrected chi connectivity index (χ2v) is 9.41. The molecular formula is C23H25Cl2N. The number of fused-ring (bicyclic) bond motifs is 2. The molecule has 0 saturated carbocycles. The highest BCUT2D eigenvalue weighted by atomic mass is 35.5. The maximum atomic E-state index is 6.32. The number of halogens is 2. The summed E-state index contributed by atoms with van der Waals surface area (Å²) in [5, 5.41) is 5.10. The van der Waals surface area contributed by atoms with Gasteiger partial charge in [-0.15, -0.1) is 6.58 Å². The van der Waals surface area contributed by atoms with E-state index < -0.39 is 0 Å². The predicted octanol–water partition coefficient (Wildman–Crippen LogP) is 7.15. The zero-order valence-corrected chi connectivity index (χ0v) is 17.1. The second kappa shape index (κ2) is 6.41. The molecule has 1 nitrogen and oxygen atoms in total. The summed E-state index contributed by atoms with van der Waals surface area (Å²) in [6.07, 6.45) is 2.18. The summed E-state index contributed by atoms with van der Waals surface area (Å²) in [5.41, 5.74) is 6.84. The summed E-state index contributed by atoms with van der Waals surface area (Å²) in [5.74, 6) is 0.449. The molecule has 1 fully saturated rings. The van der Waals surface area contributed by atoms with E-state index in [1.54, 1.807) is 0 Å². The molecule has 2 aliphatic heterocycles. The molecule has 5 rings (SSSR count). The zero-order valence-electron chi connectivity index (χ0n) is 15.6. The number of rotatable bonds is 3. The first-order chi connectivity index (χ1) is 12.3. The van der Waals surface area contributed by atoms with Gasteiger partial charge in [-0.05, 0) is 59.6 Å². The molecule has 2 aromatic rings. The Morgan fingerprint density at radius 3 is 2.65 bits per heavy atom. The van der Waals surface area contributed by atoms with Crippen molar-refractivity contribution in [1.82, 2.24) is 5.32 Å². The maximum absolute atomic E-state index is 6.32. The van der Waals surface area contributed by atoms with Crippen molar-refractivity contribution in [2.45, 2.75) is 51.6 Å². The molecule has 2 aromatic carbocycles. The topological polar surface area (TPSA) is 12.0 Å². The van der Waals surface area contributed by atoms with Gasteiger partial charge in [0.05, 0.1) is 10.0 Å². The lowest BCUT2D eigenvalue weighted by atomic mass is 9.57. The lowest BCUT2D eigenvalue weighted by molar-refractivity contribution is 0.104. The molecule has 2 bridgehead atoms. The molecule has 3 heteroatoms. The fourth-order valence-electron chi connectivity index (χ4n) is 5.10. The molecule has 136 valence electrons. The highest BCUT2D eigenvalue weighted by Gasteiger charge is 2.50. The normalized spacial score (nSPS) is 25.8. The van der Waals surface area contributed by atoms with E-state index in [-0.39, 0.29) is 5.41 Å². The fraction of sp³-hybridized carbons (Fsp3) is 0.391. The Balaban J connectivity index is 1.90. The lowest BCUT2D eigenvalue weighted by Crippen LogP contribution is -2.54. The minimum absolute atomic E-state index is 0.245. The van der Waals surface area contributed by atoms with E-state index in [0.717, 1.165) is 12.0 Å². The smallest absolute Gasteiger partial charge is 0.0598 e. The monoisotopic (exact) mass is 385 g/mol. The van der Waals surface area contributed by atoms with Gasteiger partial charge in [-0.2, -0.15) is 0 Å². The molecule has 0 aromatic heterocycles. The quantitative estimate of drug-likeness (QED) is 0.552. The van der Waals surface area contributed by atoms with Gasteiger partial charge in [0.25, 0.3) is 0 Å². The maximum Gasteiger partial charge on any atom is 0.0598 e. The molecule has 0 spiro atoms. The van der Waals surface area contributed by atoms with Crippen LogP contribution in [0.15, 0.2) is 48.6 Å². The van der Waals surface area contributed by atoms with Gasteiger partial charge >= 0.3 is 0 Å². The van der Waals surface area contributed by atoms with Gasteiger partial charge in [0, 0.05) is 18.0 Å². The highest BCUT2D eigenvalue weighted by molar-refractivity contribution is 6.42. The Kier molecular flexibility index (Phi) is 4.46. The number of nitrogens with one attached hydrogen (secondary N) is 1. The lowest BCUT2D eigenvalue weighted by Gasteiger charge is -2.55. The van der Waals surface area contributed by atoms with E-state index >= 15 is 0 Å². The molecule has 3 aliphatic rings. The third kappa shape index (κ3) is 2.91. The van der Waals surface area contributed by atoms with Gasteiger partial charge in [-0.1, -0.05) is 66.9 Å². The van der Waals surface area contributed by atoms with Crippen LogP contribution in [-0.4, -0.2) is 6.04 Å². The summed E-state index contributed by atoms with van der Waals surface area (Å²) in [6, 6.07) is 13.5. The number of hydrogen-bond acceptors (Lipinski definition) is 1. The van der Waals surface area contributed by atoms with Crippen molar-refractivity contribution in [2.24, 2.45) is 5.41 Å². The summed E-state index contributed by atoms with van der Waals surface area (Å²) >= 11 is 12.5. The van der Waals surface area contributed by atoms with Crippen LogP contribution in [0.2, 0.25) is 10.0 Å². The molecule has 0 amide bonds. The largest absolute Gasteiger partial charge is 0.306 e. The molecular weight excluding hydrogens is 361 g/mol. The molecule has 1 saturated heterocycles. The van der Waals surface area contributed by atoms with Gasteiger partial charge in [0.2, 0.25) is 0 Å². The summed E-state index contributed by atoms with van der Waals surface area (Å²) < 4.78 is 0. The molecule has 26 heavy (non-hydrogen) atoms. The Labute approximate surface area is 166 Å². The average molecular weight is 386 g/mol. The predicted molar refractivity (Wildman–Crippen MR) is 112 cm³/mol. The standard InChI is InChI=1S/C23H25Cl2N/c1-13(2)10-19-22-21-15(14-8-9-17(24)18(25)11-14)6-5-7-16(21)20(26-19)12-23(22,3)4/h5-9,11,19-20,22,26H,1,10,12H2,2-4H3/t19-,20-,22-/m0/s1. The van der Waals surface area contributed by atoms with Crippen LogP contribution in [0.4, 0.5) is 0 Å². The van der Waals surface area contributed by atoms with Gasteiger partial charge in [0.15, 0.2) is 0 Å². The van der Waals surface area contributed by atoms with Crippen molar-refractivity contribution >= 4 is 23.2 Å². The fourth-order valence-corrected chi connectivity index (χ4v) is 5.40. The van der Waals surface area contributed by atoms with Crippen LogP contribution < -0.4 is 5.32 Å². The van der Waals surface area contributed by atoms with E-state index in [1.165, 1.54) is 28.7 Å². The van der Waals surface area contributed by atoms with E-state index in [4.69, 9.17) is 23.2 Å². The Morgan fingerprint density at radius 2 is 1.96 bits per heavy atom. The number of benzene rings is 2.